The van der Waals surface area contributed by atoms with Crippen LogP contribution in [0.3, 0.4) is 0 Å². The molecule has 3 heterocycles. The lowest BCUT2D eigenvalue weighted by Crippen LogP contribution is -2.54. The van der Waals surface area contributed by atoms with E-state index in [-0.39, 0.29) is 17.2 Å². The van der Waals surface area contributed by atoms with Gasteiger partial charge in [0.1, 0.15) is 0 Å². The second-order valence-corrected chi connectivity index (χ2v) is 7.18. The molecule has 2 saturated heterocycles. The van der Waals surface area contributed by atoms with Crippen LogP contribution in [-0.4, -0.2) is 57.8 Å². The maximum absolute atomic E-state index is 12.3. The van der Waals surface area contributed by atoms with Gasteiger partial charge in [-0.25, -0.2) is 0 Å². The number of rotatable bonds is 4. The van der Waals surface area contributed by atoms with E-state index in [0.717, 1.165) is 50.3 Å². The van der Waals surface area contributed by atoms with Crippen LogP contribution in [0.25, 0.3) is 0 Å². The van der Waals surface area contributed by atoms with Gasteiger partial charge in [-0.3, -0.25) is 24.5 Å². The van der Waals surface area contributed by atoms with Crippen molar-refractivity contribution in [2.45, 2.75) is 39.2 Å². The smallest absolute Gasteiger partial charge is 0.231 e. The predicted molar refractivity (Wildman–Crippen MR) is 88.7 cm³/mol. The molecule has 24 heavy (non-hydrogen) atoms. The number of likely N-dealkylation sites (tertiary alicyclic amines) is 2. The molecule has 7 nitrogen and oxygen atoms in total. The molecule has 2 aliphatic rings. The molecule has 1 aromatic heterocycles. The van der Waals surface area contributed by atoms with Crippen LogP contribution in [0.15, 0.2) is 12.4 Å². The van der Waals surface area contributed by atoms with Crippen molar-refractivity contribution in [1.29, 1.82) is 0 Å². The Morgan fingerprint density at radius 2 is 2.12 bits per heavy atom. The fourth-order valence-electron chi connectivity index (χ4n) is 3.94. The molecular formula is C17H25N5O2. The van der Waals surface area contributed by atoms with Crippen LogP contribution in [0.2, 0.25) is 0 Å². The van der Waals surface area contributed by atoms with E-state index in [9.17, 15) is 9.59 Å². The molecule has 1 atom stereocenters. The monoisotopic (exact) mass is 331 g/mol. The number of carbonyl (C=O) groups excluding carboxylic acids is 2. The zero-order valence-corrected chi connectivity index (χ0v) is 14.2. The van der Waals surface area contributed by atoms with Gasteiger partial charge in [0.25, 0.3) is 0 Å². The van der Waals surface area contributed by atoms with Gasteiger partial charge in [0.2, 0.25) is 11.8 Å². The van der Waals surface area contributed by atoms with E-state index in [1.807, 2.05) is 11.8 Å². The Balaban J connectivity index is 1.69. The zero-order chi connectivity index (χ0) is 17.2. The first-order valence-electron chi connectivity index (χ1n) is 8.52. The topological polar surface area (TPSA) is 92.4 Å². The van der Waals surface area contributed by atoms with Crippen LogP contribution in [0.4, 0.5) is 0 Å². The molecule has 0 aliphatic carbocycles. The van der Waals surface area contributed by atoms with Crippen molar-refractivity contribution in [3.63, 3.8) is 0 Å². The molecule has 0 radical (unpaired) electrons. The number of aromatic nitrogens is 2. The third-order valence-electron chi connectivity index (χ3n) is 5.06. The van der Waals surface area contributed by atoms with E-state index in [2.05, 4.69) is 14.9 Å². The highest BCUT2D eigenvalue weighted by atomic mass is 16.2. The fraction of sp³-hybridized carbons (Fsp3) is 0.647. The van der Waals surface area contributed by atoms with Crippen LogP contribution >= 0.6 is 0 Å². The Morgan fingerprint density at radius 1 is 1.29 bits per heavy atom. The Morgan fingerprint density at radius 3 is 2.83 bits per heavy atom. The van der Waals surface area contributed by atoms with Gasteiger partial charge in [0.05, 0.1) is 30.7 Å². The van der Waals surface area contributed by atoms with Gasteiger partial charge in [0, 0.05) is 31.1 Å². The summed E-state index contributed by atoms with van der Waals surface area (Å²) in [5.41, 5.74) is 7.10. The third-order valence-corrected chi connectivity index (χ3v) is 5.06. The summed E-state index contributed by atoms with van der Waals surface area (Å²) >= 11 is 0. The molecule has 1 aromatic rings. The van der Waals surface area contributed by atoms with E-state index in [1.165, 1.54) is 0 Å². The Kier molecular flexibility index (Phi) is 4.80. The third kappa shape index (κ3) is 3.90. The number of carbonyl (C=O) groups is 2. The van der Waals surface area contributed by atoms with Crippen molar-refractivity contribution in [2.24, 2.45) is 11.1 Å². The summed E-state index contributed by atoms with van der Waals surface area (Å²) in [6, 6.07) is 0. The zero-order valence-electron chi connectivity index (χ0n) is 14.2. The number of aryl methyl sites for hydroxylation is 1. The second-order valence-electron chi connectivity index (χ2n) is 7.18. The molecule has 2 N–H and O–H groups in total. The molecule has 1 unspecified atom stereocenters. The summed E-state index contributed by atoms with van der Waals surface area (Å²) in [7, 11) is 0. The first kappa shape index (κ1) is 16.8. The minimum absolute atomic E-state index is 0.0692. The number of piperidine rings is 2. The molecule has 0 aromatic carbocycles. The van der Waals surface area contributed by atoms with Crippen molar-refractivity contribution >= 4 is 11.8 Å². The minimum Gasteiger partial charge on any atom is -0.369 e. The van der Waals surface area contributed by atoms with Gasteiger partial charge in [-0.2, -0.15) is 0 Å². The molecule has 0 bridgehead atoms. The summed E-state index contributed by atoms with van der Waals surface area (Å²) in [6.45, 7) is 5.16. The molecule has 3 rings (SSSR count). The molecule has 1 spiro atoms. The fourth-order valence-corrected chi connectivity index (χ4v) is 3.94. The van der Waals surface area contributed by atoms with Crippen LogP contribution in [-0.2, 0) is 16.1 Å². The van der Waals surface area contributed by atoms with Gasteiger partial charge < -0.3 is 10.6 Å². The summed E-state index contributed by atoms with van der Waals surface area (Å²) in [6.07, 6.45) is 7.05. The van der Waals surface area contributed by atoms with Crippen LogP contribution in [0, 0.1) is 12.3 Å². The van der Waals surface area contributed by atoms with E-state index in [4.69, 9.17) is 5.73 Å². The number of hydrogen-bond donors (Lipinski definition) is 1. The van der Waals surface area contributed by atoms with Gasteiger partial charge in [0.15, 0.2) is 0 Å². The Labute approximate surface area is 142 Å². The number of nitrogens with zero attached hydrogens (tertiary/aromatic N) is 4. The largest absolute Gasteiger partial charge is 0.369 e. The molecular weight excluding hydrogens is 306 g/mol. The molecule has 2 aliphatic heterocycles. The SMILES string of the molecule is Cc1cnc(CN2CC3(CCCN(CC(N)=O)C3)CCC2=O)cn1. The standard InChI is InChI=1S/C17H25N5O2/c1-13-7-20-14(8-19-13)9-22-12-17(5-3-16(22)24)4-2-6-21(11-17)10-15(18)23/h7-8H,2-6,9-12H2,1H3,(H2,18,23). The molecule has 2 amide bonds. The van der Waals surface area contributed by atoms with Gasteiger partial charge in [-0.15, -0.1) is 0 Å². The van der Waals surface area contributed by atoms with Crippen LogP contribution < -0.4 is 5.73 Å². The lowest BCUT2D eigenvalue weighted by molar-refractivity contribution is -0.140. The van der Waals surface area contributed by atoms with Gasteiger partial charge >= 0.3 is 0 Å². The molecule has 130 valence electrons. The minimum atomic E-state index is -0.286. The average molecular weight is 331 g/mol. The number of primary amides is 1. The number of nitrogens with two attached hydrogens (primary N) is 1. The summed E-state index contributed by atoms with van der Waals surface area (Å²) < 4.78 is 0. The first-order valence-corrected chi connectivity index (χ1v) is 8.52. The lowest BCUT2D eigenvalue weighted by atomic mass is 9.73. The van der Waals surface area contributed by atoms with E-state index in [0.29, 0.717) is 19.5 Å². The predicted octanol–water partition coefficient (Wildman–Crippen LogP) is 0.475. The maximum atomic E-state index is 12.3. The Bertz CT molecular complexity index is 618. The molecule has 0 saturated carbocycles. The summed E-state index contributed by atoms with van der Waals surface area (Å²) in [5.74, 6) is -0.110. The molecule has 7 heteroatoms. The number of amides is 2. The lowest BCUT2D eigenvalue weighted by Gasteiger charge is -2.48. The van der Waals surface area contributed by atoms with Crippen molar-refractivity contribution in [1.82, 2.24) is 19.8 Å². The molecule has 2 fully saturated rings. The maximum Gasteiger partial charge on any atom is 0.231 e. The quantitative estimate of drug-likeness (QED) is 0.866. The van der Waals surface area contributed by atoms with E-state index >= 15 is 0 Å². The average Bonchev–Trinajstić information content (AvgIpc) is 2.53. The van der Waals surface area contributed by atoms with Crippen LogP contribution in [0.5, 0.6) is 0 Å². The van der Waals surface area contributed by atoms with Crippen molar-refractivity contribution in [2.75, 3.05) is 26.2 Å². The van der Waals surface area contributed by atoms with Crippen molar-refractivity contribution in [3.8, 4) is 0 Å². The van der Waals surface area contributed by atoms with Gasteiger partial charge in [-0.05, 0) is 32.7 Å². The van der Waals surface area contributed by atoms with E-state index < -0.39 is 0 Å². The highest BCUT2D eigenvalue weighted by Crippen LogP contribution is 2.39. The van der Waals surface area contributed by atoms with Gasteiger partial charge in [-0.1, -0.05) is 0 Å². The number of hydrogen-bond acceptors (Lipinski definition) is 5. The second kappa shape index (κ2) is 6.84. The normalized spacial score (nSPS) is 25.2. The van der Waals surface area contributed by atoms with Crippen LogP contribution in [0.1, 0.15) is 37.1 Å². The van der Waals surface area contributed by atoms with E-state index in [1.54, 1.807) is 12.4 Å². The van der Waals surface area contributed by atoms with Crippen molar-refractivity contribution in [3.05, 3.63) is 23.8 Å². The highest BCUT2D eigenvalue weighted by molar-refractivity contribution is 5.77. The highest BCUT2D eigenvalue weighted by Gasteiger charge is 2.41. The summed E-state index contributed by atoms with van der Waals surface area (Å²) in [4.78, 5) is 36.2. The summed E-state index contributed by atoms with van der Waals surface area (Å²) in [5, 5.41) is 0. The Hall–Kier alpha value is -2.02. The first-order chi connectivity index (χ1) is 11.5. The van der Waals surface area contributed by atoms with Crippen molar-refractivity contribution < 1.29 is 9.59 Å².